The van der Waals surface area contributed by atoms with Crippen LogP contribution in [-0.4, -0.2) is 55.0 Å². The molecule has 0 spiro atoms. The molecular weight excluding hydrogens is 398 g/mol. The molecule has 1 amide bonds. The number of methoxy groups -OCH3 is 1. The summed E-state index contributed by atoms with van der Waals surface area (Å²) in [6.45, 7) is 3.10. The number of fused-ring (bicyclic) bond motifs is 1. The number of piperazine rings is 1. The molecule has 2 aromatic carbocycles. The highest BCUT2D eigenvalue weighted by Crippen LogP contribution is 2.24. The molecule has 6 heteroatoms. The fourth-order valence-corrected chi connectivity index (χ4v) is 4.26. The number of hydrogen-bond acceptors (Lipinski definition) is 3. The van der Waals surface area contributed by atoms with Crippen molar-refractivity contribution in [3.05, 3.63) is 59.8 Å². The number of nitrogens with zero attached hydrogens (tertiary/aromatic N) is 2. The molecule has 1 N–H and O–H groups in total. The van der Waals surface area contributed by atoms with Gasteiger partial charge in [0.2, 0.25) is 0 Å². The van der Waals surface area contributed by atoms with Crippen molar-refractivity contribution < 1.29 is 9.53 Å². The van der Waals surface area contributed by atoms with Crippen LogP contribution in [0.2, 0.25) is 0 Å². The summed E-state index contributed by atoms with van der Waals surface area (Å²) >= 11 is 5.81. The Morgan fingerprint density at radius 3 is 2.53 bits per heavy atom. The van der Waals surface area contributed by atoms with Gasteiger partial charge in [-0.2, -0.15) is 0 Å². The number of carbonyl (C=O) groups excluding carboxylic acids is 1. The number of aromatic amines is 1. The van der Waals surface area contributed by atoms with E-state index < -0.39 is 0 Å². The van der Waals surface area contributed by atoms with Gasteiger partial charge in [-0.1, -0.05) is 0 Å². The molecule has 1 fully saturated rings. The maximum Gasteiger partial charge on any atom is 0.253 e. The summed E-state index contributed by atoms with van der Waals surface area (Å²) in [7, 11) is 1.67. The SMILES string of the molecule is COc1ccc(N2CCN(C(=O)c3ccc4[nH]cc(CCCCCl)c4c3)CC2)cc1. The van der Waals surface area contributed by atoms with Crippen molar-refractivity contribution in [2.45, 2.75) is 19.3 Å². The van der Waals surface area contributed by atoms with Gasteiger partial charge in [0.1, 0.15) is 5.75 Å². The Morgan fingerprint density at radius 2 is 1.83 bits per heavy atom. The van der Waals surface area contributed by atoms with E-state index in [1.54, 1.807) is 7.11 Å². The van der Waals surface area contributed by atoms with Gasteiger partial charge in [0.25, 0.3) is 5.91 Å². The quantitative estimate of drug-likeness (QED) is 0.441. The van der Waals surface area contributed by atoms with Crippen molar-refractivity contribution in [1.82, 2.24) is 9.88 Å². The molecule has 158 valence electrons. The van der Waals surface area contributed by atoms with Gasteiger partial charge in [-0.05, 0) is 67.3 Å². The molecule has 4 rings (SSSR count). The topological polar surface area (TPSA) is 48.6 Å². The lowest BCUT2D eigenvalue weighted by atomic mass is 10.0. The van der Waals surface area contributed by atoms with Gasteiger partial charge in [-0.25, -0.2) is 0 Å². The first kappa shape index (κ1) is 20.6. The van der Waals surface area contributed by atoms with Gasteiger partial charge in [-0.3, -0.25) is 4.79 Å². The van der Waals surface area contributed by atoms with Crippen molar-refractivity contribution in [1.29, 1.82) is 0 Å². The highest BCUT2D eigenvalue weighted by Gasteiger charge is 2.23. The molecule has 30 heavy (non-hydrogen) atoms. The van der Waals surface area contributed by atoms with Gasteiger partial charge in [0.15, 0.2) is 0 Å². The highest BCUT2D eigenvalue weighted by molar-refractivity contribution is 6.17. The van der Waals surface area contributed by atoms with Crippen LogP contribution in [0.3, 0.4) is 0 Å². The number of nitrogens with one attached hydrogen (secondary N) is 1. The first-order valence-corrected chi connectivity index (χ1v) is 11.1. The van der Waals surface area contributed by atoms with Crippen LogP contribution in [-0.2, 0) is 6.42 Å². The first-order valence-electron chi connectivity index (χ1n) is 10.5. The number of unbranched alkanes of at least 4 members (excludes halogenated alkanes) is 1. The second-order valence-electron chi connectivity index (χ2n) is 7.70. The molecule has 0 atom stereocenters. The van der Waals surface area contributed by atoms with Crippen LogP contribution in [0.25, 0.3) is 10.9 Å². The molecule has 0 unspecified atom stereocenters. The fourth-order valence-electron chi connectivity index (χ4n) is 4.07. The van der Waals surface area contributed by atoms with E-state index in [9.17, 15) is 4.79 Å². The number of alkyl halides is 1. The van der Waals surface area contributed by atoms with Crippen molar-refractivity contribution in [3.8, 4) is 5.75 Å². The van der Waals surface area contributed by atoms with E-state index in [1.165, 1.54) is 11.3 Å². The number of aromatic nitrogens is 1. The smallest absolute Gasteiger partial charge is 0.253 e. The lowest BCUT2D eigenvalue weighted by molar-refractivity contribution is 0.0747. The van der Waals surface area contributed by atoms with E-state index >= 15 is 0 Å². The summed E-state index contributed by atoms with van der Waals surface area (Å²) in [6, 6.07) is 14.1. The summed E-state index contributed by atoms with van der Waals surface area (Å²) < 4.78 is 5.23. The summed E-state index contributed by atoms with van der Waals surface area (Å²) in [5.41, 5.74) is 4.27. The Hall–Kier alpha value is -2.66. The first-order chi connectivity index (χ1) is 14.7. The lowest BCUT2D eigenvalue weighted by Crippen LogP contribution is -2.48. The van der Waals surface area contributed by atoms with Crippen LogP contribution < -0.4 is 9.64 Å². The summed E-state index contributed by atoms with van der Waals surface area (Å²) in [4.78, 5) is 20.7. The zero-order valence-electron chi connectivity index (χ0n) is 17.4. The molecule has 5 nitrogen and oxygen atoms in total. The van der Waals surface area contributed by atoms with E-state index in [0.29, 0.717) is 5.88 Å². The number of hydrogen-bond donors (Lipinski definition) is 1. The average Bonchev–Trinajstić information content (AvgIpc) is 3.21. The highest BCUT2D eigenvalue weighted by atomic mass is 35.5. The van der Waals surface area contributed by atoms with Gasteiger partial charge in [0, 0.05) is 60.4 Å². The Bertz CT molecular complexity index is 991. The normalized spacial score (nSPS) is 14.3. The number of H-pyrrole nitrogens is 1. The third-order valence-electron chi connectivity index (χ3n) is 5.85. The van der Waals surface area contributed by atoms with E-state index in [4.69, 9.17) is 16.3 Å². The molecule has 0 radical (unpaired) electrons. The minimum absolute atomic E-state index is 0.110. The number of anilines is 1. The largest absolute Gasteiger partial charge is 0.497 e. The fraction of sp³-hybridized carbons (Fsp3) is 0.375. The second kappa shape index (κ2) is 9.43. The van der Waals surface area contributed by atoms with Gasteiger partial charge < -0.3 is 19.5 Å². The molecule has 1 aliphatic heterocycles. The molecule has 1 saturated heterocycles. The van der Waals surface area contributed by atoms with Crippen molar-refractivity contribution in [2.24, 2.45) is 0 Å². The Balaban J connectivity index is 1.42. The number of benzene rings is 2. The number of rotatable bonds is 7. The van der Waals surface area contributed by atoms with E-state index in [2.05, 4.69) is 28.2 Å². The van der Waals surface area contributed by atoms with Crippen molar-refractivity contribution in [3.63, 3.8) is 0 Å². The summed E-state index contributed by atoms with van der Waals surface area (Å²) in [6.07, 6.45) is 5.10. The molecule has 0 saturated carbocycles. The third kappa shape index (κ3) is 4.41. The molecule has 0 bridgehead atoms. The molecule has 2 heterocycles. The predicted octanol–water partition coefficient (Wildman–Crippen LogP) is 4.70. The zero-order valence-corrected chi connectivity index (χ0v) is 18.1. The minimum Gasteiger partial charge on any atom is -0.497 e. The molecular formula is C24H28ClN3O2. The van der Waals surface area contributed by atoms with Crippen LogP contribution in [0.1, 0.15) is 28.8 Å². The number of halogens is 1. The van der Waals surface area contributed by atoms with Crippen LogP contribution in [0.4, 0.5) is 5.69 Å². The van der Waals surface area contributed by atoms with Crippen molar-refractivity contribution >= 4 is 34.1 Å². The standard InChI is InChI=1S/C24H28ClN3O2/c1-30-21-8-6-20(7-9-21)27-12-14-28(15-13-27)24(29)18-5-10-23-22(16-18)19(17-26-23)4-2-3-11-25/h5-10,16-17,26H,2-4,11-15H2,1H3. The minimum atomic E-state index is 0.110. The Kier molecular flexibility index (Phi) is 6.48. The maximum atomic E-state index is 13.1. The van der Waals surface area contributed by atoms with Gasteiger partial charge >= 0.3 is 0 Å². The molecule has 3 aromatic rings. The van der Waals surface area contributed by atoms with Crippen LogP contribution >= 0.6 is 11.6 Å². The van der Waals surface area contributed by atoms with Gasteiger partial charge in [0.05, 0.1) is 7.11 Å². The molecule has 1 aromatic heterocycles. The van der Waals surface area contributed by atoms with Crippen molar-refractivity contribution in [2.75, 3.05) is 44.1 Å². The number of ether oxygens (including phenoxy) is 1. The second-order valence-corrected chi connectivity index (χ2v) is 8.08. The monoisotopic (exact) mass is 425 g/mol. The third-order valence-corrected chi connectivity index (χ3v) is 6.12. The van der Waals surface area contributed by atoms with E-state index in [1.807, 2.05) is 35.2 Å². The van der Waals surface area contributed by atoms with Gasteiger partial charge in [-0.15, -0.1) is 11.6 Å². The average molecular weight is 426 g/mol. The maximum absolute atomic E-state index is 13.1. The zero-order chi connectivity index (χ0) is 20.9. The predicted molar refractivity (Wildman–Crippen MR) is 123 cm³/mol. The molecule has 0 aliphatic carbocycles. The summed E-state index contributed by atoms with van der Waals surface area (Å²) in [5.74, 6) is 1.66. The van der Waals surface area contributed by atoms with Crippen LogP contribution in [0.15, 0.2) is 48.7 Å². The van der Waals surface area contributed by atoms with E-state index in [-0.39, 0.29) is 5.91 Å². The number of carbonyl (C=O) groups is 1. The Labute approximate surface area is 182 Å². The number of aryl methyl sites for hydroxylation is 1. The number of amides is 1. The molecule has 1 aliphatic rings. The van der Waals surface area contributed by atoms with E-state index in [0.717, 1.165) is 67.7 Å². The van der Waals surface area contributed by atoms with Crippen LogP contribution in [0.5, 0.6) is 5.75 Å². The van der Waals surface area contributed by atoms with Crippen LogP contribution in [0, 0.1) is 0 Å². The Morgan fingerprint density at radius 1 is 1.07 bits per heavy atom. The summed E-state index contributed by atoms with van der Waals surface area (Å²) in [5, 5.41) is 1.15. The lowest BCUT2D eigenvalue weighted by Gasteiger charge is -2.36.